The van der Waals surface area contributed by atoms with E-state index in [1.807, 2.05) is 17.0 Å². The van der Waals surface area contributed by atoms with E-state index in [1.165, 1.54) is 37.0 Å². The van der Waals surface area contributed by atoms with E-state index in [-0.39, 0.29) is 23.6 Å². The molecule has 3 saturated heterocycles. The van der Waals surface area contributed by atoms with E-state index >= 15 is 0 Å². The summed E-state index contributed by atoms with van der Waals surface area (Å²) in [7, 11) is 0. The SMILES string of the molecule is CCCCC1N(CC2CCCCC2)C(=O)OC12CCN(C1CCN(C(=O)c3ccc(C)s3)CC1)CC2.O=C(O)C(F)(F)F. The molecule has 1 atom stereocenters. The number of hydrogen-bond donors (Lipinski definition) is 1. The first-order valence-electron chi connectivity index (χ1n) is 15.8. The standard InChI is InChI=1S/C29H45N3O3S.C2HF3O2/c1-3-4-10-26-29(35-28(34)32(26)21-23-8-6-5-7-9-23)15-19-30(20-16-29)24-13-17-31(18-14-24)27(33)25-12-11-22(2)36-25;3-2(4,5)1(6)7/h11-12,23-24,26H,3-10,13-21H2,1-2H3;(H,6,7). The van der Waals surface area contributed by atoms with Crippen molar-refractivity contribution in [3.05, 3.63) is 21.9 Å². The van der Waals surface area contributed by atoms with Crippen molar-refractivity contribution >= 4 is 29.3 Å². The van der Waals surface area contributed by atoms with E-state index in [0.717, 1.165) is 82.5 Å². The minimum absolute atomic E-state index is 0.0502. The minimum Gasteiger partial charge on any atom is -0.475 e. The molecule has 1 unspecified atom stereocenters. The average molecular weight is 630 g/mol. The molecule has 0 bridgehead atoms. The summed E-state index contributed by atoms with van der Waals surface area (Å²) in [5.74, 6) is -1.91. The molecule has 242 valence electrons. The molecule has 1 spiro atoms. The molecular formula is C31H46F3N3O5S. The number of carboxylic acid groups (broad SMARTS) is 1. The monoisotopic (exact) mass is 629 g/mol. The lowest BCUT2D eigenvalue weighted by Gasteiger charge is -2.46. The number of aryl methyl sites for hydroxylation is 1. The highest BCUT2D eigenvalue weighted by Crippen LogP contribution is 2.43. The maximum Gasteiger partial charge on any atom is 0.490 e. The summed E-state index contributed by atoms with van der Waals surface area (Å²) in [4.78, 5) is 43.8. The zero-order valence-electron chi connectivity index (χ0n) is 25.4. The van der Waals surface area contributed by atoms with Crippen molar-refractivity contribution in [1.29, 1.82) is 0 Å². The Kier molecular flexibility index (Phi) is 11.4. The number of alkyl halides is 3. The molecule has 4 aliphatic rings. The van der Waals surface area contributed by atoms with Crippen LogP contribution in [0.5, 0.6) is 0 Å². The molecule has 3 aliphatic heterocycles. The molecule has 0 radical (unpaired) electrons. The first-order chi connectivity index (χ1) is 20.4. The molecule has 8 nitrogen and oxygen atoms in total. The fraction of sp³-hybridized carbons (Fsp3) is 0.774. The summed E-state index contributed by atoms with van der Waals surface area (Å²) in [6.07, 6.45) is 8.71. The number of rotatable bonds is 7. The maximum absolute atomic E-state index is 13.2. The Bertz CT molecular complexity index is 1090. The number of amides is 2. The molecule has 12 heteroatoms. The van der Waals surface area contributed by atoms with Crippen LogP contribution in [0.4, 0.5) is 18.0 Å². The first-order valence-corrected chi connectivity index (χ1v) is 16.6. The Labute approximate surface area is 256 Å². The molecule has 0 aromatic carbocycles. The second-order valence-electron chi connectivity index (χ2n) is 12.5. The Morgan fingerprint density at radius 1 is 1.05 bits per heavy atom. The molecule has 1 aliphatic carbocycles. The largest absolute Gasteiger partial charge is 0.490 e. The summed E-state index contributed by atoms with van der Waals surface area (Å²) in [5.41, 5.74) is -0.300. The van der Waals surface area contributed by atoms with Crippen molar-refractivity contribution in [3.8, 4) is 0 Å². The van der Waals surface area contributed by atoms with Gasteiger partial charge in [0.25, 0.3) is 5.91 Å². The van der Waals surface area contributed by atoms with Gasteiger partial charge in [0.05, 0.1) is 10.9 Å². The Morgan fingerprint density at radius 2 is 1.67 bits per heavy atom. The topological polar surface area (TPSA) is 90.4 Å². The number of likely N-dealkylation sites (tertiary alicyclic amines) is 2. The van der Waals surface area contributed by atoms with Crippen molar-refractivity contribution in [2.24, 2.45) is 5.92 Å². The van der Waals surface area contributed by atoms with E-state index in [1.54, 1.807) is 11.3 Å². The van der Waals surface area contributed by atoms with Crippen LogP contribution in [0.25, 0.3) is 0 Å². The van der Waals surface area contributed by atoms with E-state index in [0.29, 0.717) is 12.0 Å². The van der Waals surface area contributed by atoms with Gasteiger partial charge in [0.1, 0.15) is 5.60 Å². The summed E-state index contributed by atoms with van der Waals surface area (Å²) in [6.45, 7) is 8.87. The number of aliphatic carboxylic acids is 1. The van der Waals surface area contributed by atoms with Gasteiger partial charge < -0.3 is 19.6 Å². The number of hydrogen-bond acceptors (Lipinski definition) is 6. The highest BCUT2D eigenvalue weighted by molar-refractivity contribution is 7.13. The maximum atomic E-state index is 13.2. The molecule has 1 saturated carbocycles. The molecule has 43 heavy (non-hydrogen) atoms. The lowest BCUT2D eigenvalue weighted by Crippen LogP contribution is -2.56. The van der Waals surface area contributed by atoms with Crippen LogP contribution in [-0.4, -0.2) is 94.4 Å². The summed E-state index contributed by atoms with van der Waals surface area (Å²) in [6, 6.07) is 4.77. The van der Waals surface area contributed by atoms with Gasteiger partial charge in [-0.2, -0.15) is 13.2 Å². The number of nitrogens with zero attached hydrogens (tertiary/aromatic N) is 3. The molecule has 1 N–H and O–H groups in total. The van der Waals surface area contributed by atoms with Crippen molar-refractivity contribution in [1.82, 2.24) is 14.7 Å². The average Bonchev–Trinajstić information content (AvgIpc) is 3.53. The van der Waals surface area contributed by atoms with E-state index in [4.69, 9.17) is 14.6 Å². The van der Waals surface area contributed by atoms with Gasteiger partial charge in [-0.15, -0.1) is 11.3 Å². The fourth-order valence-corrected chi connectivity index (χ4v) is 8.06. The second-order valence-corrected chi connectivity index (χ2v) is 13.8. The van der Waals surface area contributed by atoms with Crippen LogP contribution < -0.4 is 0 Å². The lowest BCUT2D eigenvalue weighted by molar-refractivity contribution is -0.192. The number of thiophene rings is 1. The van der Waals surface area contributed by atoms with Crippen LogP contribution in [0, 0.1) is 12.8 Å². The van der Waals surface area contributed by atoms with Gasteiger partial charge in [-0.25, -0.2) is 9.59 Å². The normalized spacial score (nSPS) is 23.7. The Morgan fingerprint density at radius 3 is 2.21 bits per heavy atom. The van der Waals surface area contributed by atoms with Gasteiger partial charge in [-0.05, 0) is 57.1 Å². The summed E-state index contributed by atoms with van der Waals surface area (Å²) < 4.78 is 38.0. The van der Waals surface area contributed by atoms with Crippen molar-refractivity contribution < 1.29 is 37.4 Å². The number of halogens is 3. The minimum atomic E-state index is -5.08. The van der Waals surface area contributed by atoms with E-state index in [2.05, 4.69) is 23.6 Å². The third-order valence-corrected chi connectivity index (χ3v) is 10.6. The van der Waals surface area contributed by atoms with Gasteiger partial charge in [-0.1, -0.05) is 39.0 Å². The van der Waals surface area contributed by atoms with Crippen LogP contribution in [0.1, 0.15) is 98.5 Å². The molecule has 4 fully saturated rings. The van der Waals surface area contributed by atoms with Gasteiger partial charge in [-0.3, -0.25) is 9.69 Å². The van der Waals surface area contributed by atoms with Gasteiger partial charge in [0, 0.05) is 56.5 Å². The van der Waals surface area contributed by atoms with E-state index < -0.39 is 12.1 Å². The highest BCUT2D eigenvalue weighted by Gasteiger charge is 2.55. The third-order valence-electron chi connectivity index (χ3n) is 9.63. The number of carbonyl (C=O) groups excluding carboxylic acids is 2. The smallest absolute Gasteiger partial charge is 0.475 e. The van der Waals surface area contributed by atoms with Crippen molar-refractivity contribution in [3.63, 3.8) is 0 Å². The number of carboxylic acids is 1. The Hall–Kier alpha value is -2.34. The number of ether oxygens (including phenoxy) is 1. The molecule has 4 heterocycles. The van der Waals surface area contributed by atoms with Crippen molar-refractivity contribution in [2.75, 3.05) is 32.7 Å². The second kappa shape index (κ2) is 14.6. The van der Waals surface area contributed by atoms with Gasteiger partial charge in [0.2, 0.25) is 0 Å². The number of unbranched alkanes of at least 4 members (excludes halogenated alkanes) is 1. The molecular weight excluding hydrogens is 583 g/mol. The van der Waals surface area contributed by atoms with Crippen LogP contribution in [-0.2, 0) is 9.53 Å². The number of carbonyl (C=O) groups is 3. The summed E-state index contributed by atoms with van der Waals surface area (Å²) >= 11 is 1.60. The number of piperidine rings is 2. The van der Waals surface area contributed by atoms with Crippen LogP contribution >= 0.6 is 11.3 Å². The van der Waals surface area contributed by atoms with Gasteiger partial charge in [0.15, 0.2) is 0 Å². The predicted molar refractivity (Wildman–Crippen MR) is 158 cm³/mol. The van der Waals surface area contributed by atoms with Crippen LogP contribution in [0.2, 0.25) is 0 Å². The molecule has 1 aromatic rings. The zero-order chi connectivity index (χ0) is 31.2. The van der Waals surface area contributed by atoms with Gasteiger partial charge >= 0.3 is 18.2 Å². The highest BCUT2D eigenvalue weighted by atomic mass is 32.1. The first kappa shape index (κ1) is 33.6. The fourth-order valence-electron chi connectivity index (χ4n) is 7.22. The zero-order valence-corrected chi connectivity index (χ0v) is 26.2. The van der Waals surface area contributed by atoms with Crippen LogP contribution in [0.15, 0.2) is 12.1 Å². The quantitative estimate of drug-likeness (QED) is 0.360. The predicted octanol–water partition coefficient (Wildman–Crippen LogP) is 6.72. The van der Waals surface area contributed by atoms with E-state index in [9.17, 15) is 22.8 Å². The molecule has 1 aromatic heterocycles. The third kappa shape index (κ3) is 8.44. The van der Waals surface area contributed by atoms with Crippen LogP contribution in [0.3, 0.4) is 0 Å². The molecule has 5 rings (SSSR count). The molecule has 2 amide bonds. The summed E-state index contributed by atoms with van der Waals surface area (Å²) in [5, 5.41) is 7.12. The lowest BCUT2D eigenvalue weighted by atomic mass is 9.80. The van der Waals surface area contributed by atoms with Crippen molar-refractivity contribution in [2.45, 2.75) is 115 Å². The Balaban J connectivity index is 0.000000541.